The van der Waals surface area contributed by atoms with Crippen LogP contribution in [0.25, 0.3) is 10.9 Å². The van der Waals surface area contributed by atoms with Gasteiger partial charge >= 0.3 is 0 Å². The molecule has 0 fully saturated rings. The van der Waals surface area contributed by atoms with E-state index in [1.54, 1.807) is 25.6 Å². The molecule has 0 saturated carbocycles. The molecule has 0 aliphatic heterocycles. The highest BCUT2D eigenvalue weighted by molar-refractivity contribution is 7.91. The molecule has 1 aromatic heterocycles. The molecule has 2 rings (SSSR count). The molecule has 0 aliphatic carbocycles. The zero-order chi connectivity index (χ0) is 10.8. The highest BCUT2D eigenvalue weighted by Gasteiger charge is 2.10. The largest absolute Gasteiger partial charge is 0.612 e. The van der Waals surface area contributed by atoms with Crippen LogP contribution in [0.1, 0.15) is 0 Å². The van der Waals surface area contributed by atoms with E-state index in [1.807, 2.05) is 18.2 Å². The van der Waals surface area contributed by atoms with Gasteiger partial charge in [0.1, 0.15) is 12.0 Å². The lowest BCUT2D eigenvalue weighted by Crippen LogP contribution is -1.99. The molecular weight excluding hydrogens is 210 g/mol. The normalized spacial score (nSPS) is 12.7. The highest BCUT2D eigenvalue weighted by Crippen LogP contribution is 2.25. The fraction of sp³-hybridized carbons (Fsp3) is 0.182. The number of nitrogens with zero attached hydrogens (tertiary/aromatic N) is 1. The summed E-state index contributed by atoms with van der Waals surface area (Å²) in [5.74, 6) is 0.752. The van der Waals surface area contributed by atoms with E-state index in [2.05, 4.69) is 4.98 Å². The van der Waals surface area contributed by atoms with E-state index in [4.69, 9.17) is 4.74 Å². The third-order valence-electron chi connectivity index (χ3n) is 2.22. The van der Waals surface area contributed by atoms with Gasteiger partial charge in [-0.15, -0.1) is 0 Å². The smallest absolute Gasteiger partial charge is 0.163 e. The topological polar surface area (TPSA) is 45.2 Å². The Morgan fingerprint density at radius 1 is 1.33 bits per heavy atom. The van der Waals surface area contributed by atoms with E-state index in [9.17, 15) is 4.55 Å². The molecular formula is C11H11NO2S. The SMILES string of the molecule is COc1ccc2nccc([S+](C)[O-])c2c1. The number of benzene rings is 1. The van der Waals surface area contributed by atoms with Gasteiger partial charge in [0.25, 0.3) is 0 Å². The lowest BCUT2D eigenvalue weighted by molar-refractivity contribution is 0.415. The number of fused-ring (bicyclic) bond motifs is 1. The molecule has 0 bridgehead atoms. The predicted octanol–water partition coefficient (Wildman–Crippen LogP) is 1.98. The summed E-state index contributed by atoms with van der Waals surface area (Å²) in [5.41, 5.74) is 0.837. The first-order valence-corrected chi connectivity index (χ1v) is 6.04. The van der Waals surface area contributed by atoms with Crippen molar-refractivity contribution < 1.29 is 9.29 Å². The van der Waals surface area contributed by atoms with Crippen LogP contribution in [0.4, 0.5) is 0 Å². The molecule has 0 saturated heterocycles. The van der Waals surface area contributed by atoms with Crippen LogP contribution in [0.2, 0.25) is 0 Å². The predicted molar refractivity (Wildman–Crippen MR) is 60.6 cm³/mol. The number of hydrogen-bond donors (Lipinski definition) is 0. The maximum Gasteiger partial charge on any atom is 0.163 e. The Hall–Kier alpha value is -1.26. The van der Waals surface area contributed by atoms with Crippen molar-refractivity contribution in [3.05, 3.63) is 30.5 Å². The minimum absolute atomic E-state index is 0.752. The molecule has 3 nitrogen and oxygen atoms in total. The molecule has 0 amide bonds. The van der Waals surface area contributed by atoms with Crippen LogP contribution in [-0.2, 0) is 11.2 Å². The van der Waals surface area contributed by atoms with Crippen molar-refractivity contribution in [2.24, 2.45) is 0 Å². The van der Waals surface area contributed by atoms with Crippen LogP contribution in [0, 0.1) is 0 Å². The van der Waals surface area contributed by atoms with Gasteiger partial charge in [0, 0.05) is 12.3 Å². The second-order valence-electron chi connectivity index (χ2n) is 3.15. The van der Waals surface area contributed by atoms with Gasteiger partial charge in [-0.05, 0) is 29.4 Å². The van der Waals surface area contributed by atoms with Crippen LogP contribution in [0.5, 0.6) is 5.75 Å². The Bertz CT molecular complexity index is 485. The fourth-order valence-corrected chi connectivity index (χ4v) is 2.20. The van der Waals surface area contributed by atoms with E-state index in [0.717, 1.165) is 21.5 Å². The summed E-state index contributed by atoms with van der Waals surface area (Å²) in [6.07, 6.45) is 3.33. The Morgan fingerprint density at radius 2 is 2.13 bits per heavy atom. The van der Waals surface area contributed by atoms with E-state index in [0.29, 0.717) is 0 Å². The van der Waals surface area contributed by atoms with Gasteiger partial charge in [0.2, 0.25) is 0 Å². The van der Waals surface area contributed by atoms with Crippen molar-refractivity contribution in [3.63, 3.8) is 0 Å². The standard InChI is InChI=1S/C11H11NO2S/c1-14-8-3-4-10-9(7-8)11(15(2)13)5-6-12-10/h3-7H,1-2H3. The molecule has 15 heavy (non-hydrogen) atoms. The van der Waals surface area contributed by atoms with Gasteiger partial charge in [0.15, 0.2) is 4.90 Å². The zero-order valence-corrected chi connectivity index (χ0v) is 9.38. The van der Waals surface area contributed by atoms with E-state index < -0.39 is 11.2 Å². The summed E-state index contributed by atoms with van der Waals surface area (Å²) >= 11 is -1.01. The number of rotatable bonds is 2. The van der Waals surface area contributed by atoms with Crippen molar-refractivity contribution in [2.75, 3.05) is 13.4 Å². The van der Waals surface area contributed by atoms with E-state index in [1.165, 1.54) is 0 Å². The highest BCUT2D eigenvalue weighted by atomic mass is 32.2. The van der Waals surface area contributed by atoms with E-state index in [-0.39, 0.29) is 0 Å². The molecule has 1 unspecified atom stereocenters. The Balaban J connectivity index is 2.70. The zero-order valence-electron chi connectivity index (χ0n) is 8.56. The number of hydrogen-bond acceptors (Lipinski definition) is 3. The average Bonchev–Trinajstić information content (AvgIpc) is 2.27. The lowest BCUT2D eigenvalue weighted by Gasteiger charge is -2.08. The third-order valence-corrected chi connectivity index (χ3v) is 3.19. The van der Waals surface area contributed by atoms with Gasteiger partial charge in [-0.25, -0.2) is 0 Å². The van der Waals surface area contributed by atoms with Crippen molar-refractivity contribution in [2.45, 2.75) is 4.90 Å². The van der Waals surface area contributed by atoms with Crippen LogP contribution in [0.15, 0.2) is 35.4 Å². The number of pyridine rings is 1. The fourth-order valence-electron chi connectivity index (χ4n) is 1.48. The van der Waals surface area contributed by atoms with Crippen molar-refractivity contribution >= 4 is 22.1 Å². The summed E-state index contributed by atoms with van der Waals surface area (Å²) in [7, 11) is 1.61. The first kappa shape index (κ1) is 10.3. The number of ether oxygens (including phenoxy) is 1. The summed E-state index contributed by atoms with van der Waals surface area (Å²) in [6.45, 7) is 0. The second kappa shape index (κ2) is 4.08. The first-order chi connectivity index (χ1) is 7.22. The summed E-state index contributed by atoms with van der Waals surface area (Å²) < 4.78 is 16.6. The van der Waals surface area contributed by atoms with Crippen molar-refractivity contribution in [1.82, 2.24) is 4.98 Å². The minimum Gasteiger partial charge on any atom is -0.612 e. The molecule has 2 aromatic rings. The molecule has 0 aliphatic rings. The first-order valence-electron chi connectivity index (χ1n) is 4.48. The molecule has 0 N–H and O–H groups in total. The van der Waals surface area contributed by atoms with E-state index >= 15 is 0 Å². The summed E-state index contributed by atoms with van der Waals surface area (Å²) in [6, 6.07) is 7.35. The molecule has 1 atom stereocenters. The van der Waals surface area contributed by atoms with Crippen LogP contribution >= 0.6 is 0 Å². The molecule has 4 heteroatoms. The maximum absolute atomic E-state index is 11.5. The monoisotopic (exact) mass is 221 g/mol. The minimum atomic E-state index is -1.01. The molecule has 0 spiro atoms. The lowest BCUT2D eigenvalue weighted by atomic mass is 10.2. The molecule has 0 radical (unpaired) electrons. The van der Waals surface area contributed by atoms with Crippen molar-refractivity contribution in [3.8, 4) is 5.75 Å². The van der Waals surface area contributed by atoms with Gasteiger partial charge < -0.3 is 9.29 Å². The van der Waals surface area contributed by atoms with Gasteiger partial charge in [-0.3, -0.25) is 4.98 Å². The van der Waals surface area contributed by atoms with Crippen LogP contribution < -0.4 is 4.74 Å². The average molecular weight is 221 g/mol. The molecule has 1 aromatic carbocycles. The van der Waals surface area contributed by atoms with Gasteiger partial charge in [-0.1, -0.05) is 0 Å². The Labute approximate surface area is 91.3 Å². The third kappa shape index (κ3) is 1.91. The van der Waals surface area contributed by atoms with Crippen molar-refractivity contribution in [1.29, 1.82) is 0 Å². The van der Waals surface area contributed by atoms with Crippen LogP contribution in [0.3, 0.4) is 0 Å². The second-order valence-corrected chi connectivity index (χ2v) is 4.49. The maximum atomic E-state index is 11.5. The Kier molecular flexibility index (Phi) is 2.79. The number of aromatic nitrogens is 1. The quantitative estimate of drug-likeness (QED) is 0.728. The number of methoxy groups -OCH3 is 1. The van der Waals surface area contributed by atoms with Gasteiger partial charge in [-0.2, -0.15) is 0 Å². The summed E-state index contributed by atoms with van der Waals surface area (Å²) in [4.78, 5) is 5.00. The Morgan fingerprint density at radius 3 is 2.80 bits per heavy atom. The van der Waals surface area contributed by atoms with Gasteiger partial charge in [0.05, 0.1) is 18.0 Å². The summed E-state index contributed by atoms with van der Waals surface area (Å²) in [5, 5.41) is 0.887. The van der Waals surface area contributed by atoms with Crippen LogP contribution in [-0.4, -0.2) is 22.9 Å². The molecule has 78 valence electrons. The molecule has 1 heterocycles.